The van der Waals surface area contributed by atoms with Crippen molar-refractivity contribution in [3.8, 4) is 0 Å². The van der Waals surface area contributed by atoms with Gasteiger partial charge in [0.25, 0.3) is 0 Å². The maximum atomic E-state index is 6.28. The molecule has 2 rings (SSSR count). The first kappa shape index (κ1) is 13.1. The molecule has 3 heteroatoms. The Kier molecular flexibility index (Phi) is 5.01. The lowest BCUT2D eigenvalue weighted by Crippen LogP contribution is -2.32. The van der Waals surface area contributed by atoms with E-state index in [-0.39, 0.29) is 6.04 Å². The fourth-order valence-electron chi connectivity index (χ4n) is 2.44. The molecule has 1 aliphatic rings. The maximum Gasteiger partial charge on any atom is 0.0424 e. The highest BCUT2D eigenvalue weighted by Gasteiger charge is 2.14. The summed E-state index contributed by atoms with van der Waals surface area (Å²) in [7, 11) is 0. The Morgan fingerprint density at radius 2 is 1.88 bits per heavy atom. The molecule has 1 fully saturated rings. The van der Waals surface area contributed by atoms with E-state index in [0.29, 0.717) is 0 Å². The lowest BCUT2D eigenvalue weighted by molar-refractivity contribution is 0.268. The first-order chi connectivity index (χ1) is 8.25. The van der Waals surface area contributed by atoms with Gasteiger partial charge in [-0.05, 0) is 43.6 Å². The van der Waals surface area contributed by atoms with Crippen LogP contribution >= 0.6 is 15.9 Å². The minimum Gasteiger partial charge on any atom is -0.323 e. The third kappa shape index (κ3) is 4.09. The molecule has 0 bridgehead atoms. The van der Waals surface area contributed by atoms with E-state index in [9.17, 15) is 0 Å². The molecule has 1 heterocycles. The van der Waals surface area contributed by atoms with Crippen molar-refractivity contribution in [2.45, 2.75) is 31.7 Å². The Labute approximate surface area is 112 Å². The summed E-state index contributed by atoms with van der Waals surface area (Å²) in [5, 5.41) is 0. The molecule has 0 aromatic heterocycles. The molecule has 0 aliphatic carbocycles. The predicted molar refractivity (Wildman–Crippen MR) is 76.0 cm³/mol. The summed E-state index contributed by atoms with van der Waals surface area (Å²) in [4.78, 5) is 2.51. The van der Waals surface area contributed by atoms with Crippen LogP contribution in [-0.2, 0) is 0 Å². The second-order valence-corrected chi connectivity index (χ2v) is 5.79. The Morgan fingerprint density at radius 1 is 1.18 bits per heavy atom. The average Bonchev–Trinajstić information content (AvgIpc) is 2.57. The van der Waals surface area contributed by atoms with Crippen molar-refractivity contribution in [3.63, 3.8) is 0 Å². The van der Waals surface area contributed by atoms with Gasteiger partial charge in [-0.2, -0.15) is 0 Å². The molecule has 17 heavy (non-hydrogen) atoms. The molecular formula is C14H21BrN2. The first-order valence-electron chi connectivity index (χ1n) is 6.49. The fraction of sp³-hybridized carbons (Fsp3) is 0.571. The molecule has 2 N–H and O–H groups in total. The number of halogens is 1. The molecule has 1 saturated heterocycles. The summed E-state index contributed by atoms with van der Waals surface area (Å²) in [6, 6.07) is 8.48. The van der Waals surface area contributed by atoms with Gasteiger partial charge < -0.3 is 10.6 Å². The molecular weight excluding hydrogens is 276 g/mol. The molecule has 2 nitrogen and oxygen atoms in total. The Hall–Kier alpha value is -0.380. The zero-order chi connectivity index (χ0) is 12.1. The number of likely N-dealkylation sites (tertiary alicyclic amines) is 1. The first-order valence-corrected chi connectivity index (χ1v) is 7.28. The normalized spacial score (nSPS) is 19.9. The largest absolute Gasteiger partial charge is 0.323 e. The molecule has 1 unspecified atom stereocenters. The molecule has 0 saturated carbocycles. The number of hydrogen-bond acceptors (Lipinski definition) is 2. The summed E-state index contributed by atoms with van der Waals surface area (Å²) in [6.07, 6.45) is 5.40. The van der Waals surface area contributed by atoms with Crippen molar-refractivity contribution in [2.24, 2.45) is 5.73 Å². The van der Waals surface area contributed by atoms with Crippen LogP contribution in [0, 0.1) is 0 Å². The lowest BCUT2D eigenvalue weighted by atomic mass is 10.1. The van der Waals surface area contributed by atoms with Gasteiger partial charge in [0.1, 0.15) is 0 Å². The Balaban J connectivity index is 1.93. The standard InChI is InChI=1S/C14H21BrN2/c15-13-7-5-6-12(10-13)14(16)11-17-8-3-1-2-4-9-17/h5-7,10,14H,1-4,8-9,11,16H2. The highest BCUT2D eigenvalue weighted by Crippen LogP contribution is 2.19. The highest BCUT2D eigenvalue weighted by atomic mass is 79.9. The van der Waals surface area contributed by atoms with E-state index in [2.05, 4.69) is 39.0 Å². The van der Waals surface area contributed by atoms with Crippen LogP contribution in [0.3, 0.4) is 0 Å². The lowest BCUT2D eigenvalue weighted by Gasteiger charge is -2.24. The maximum absolute atomic E-state index is 6.28. The van der Waals surface area contributed by atoms with Crippen molar-refractivity contribution >= 4 is 15.9 Å². The number of hydrogen-bond donors (Lipinski definition) is 1. The third-order valence-electron chi connectivity index (χ3n) is 3.43. The minimum absolute atomic E-state index is 0.130. The third-order valence-corrected chi connectivity index (χ3v) is 3.92. The van der Waals surface area contributed by atoms with Gasteiger partial charge in [0, 0.05) is 17.1 Å². The van der Waals surface area contributed by atoms with Crippen molar-refractivity contribution in [3.05, 3.63) is 34.3 Å². The summed E-state index contributed by atoms with van der Waals surface area (Å²) >= 11 is 3.50. The van der Waals surface area contributed by atoms with Crippen LogP contribution in [0.1, 0.15) is 37.3 Å². The van der Waals surface area contributed by atoms with Crippen molar-refractivity contribution < 1.29 is 0 Å². The molecule has 0 radical (unpaired) electrons. The molecule has 1 aliphatic heterocycles. The van der Waals surface area contributed by atoms with E-state index in [1.807, 2.05) is 6.07 Å². The summed E-state index contributed by atoms with van der Waals surface area (Å²) in [6.45, 7) is 3.40. The van der Waals surface area contributed by atoms with E-state index in [1.54, 1.807) is 0 Å². The number of nitrogens with two attached hydrogens (primary N) is 1. The van der Waals surface area contributed by atoms with Gasteiger partial charge in [-0.25, -0.2) is 0 Å². The second kappa shape index (κ2) is 6.53. The van der Waals surface area contributed by atoms with E-state index < -0.39 is 0 Å². The Morgan fingerprint density at radius 3 is 2.53 bits per heavy atom. The zero-order valence-corrected chi connectivity index (χ0v) is 11.8. The SMILES string of the molecule is NC(CN1CCCCCC1)c1cccc(Br)c1. The fourth-order valence-corrected chi connectivity index (χ4v) is 2.86. The van der Waals surface area contributed by atoms with Crippen LogP contribution in [0.4, 0.5) is 0 Å². The van der Waals surface area contributed by atoms with E-state index in [0.717, 1.165) is 11.0 Å². The molecule has 1 aromatic rings. The molecule has 0 amide bonds. The van der Waals surface area contributed by atoms with Gasteiger partial charge in [-0.3, -0.25) is 0 Å². The summed E-state index contributed by atoms with van der Waals surface area (Å²) in [5.74, 6) is 0. The average molecular weight is 297 g/mol. The van der Waals surface area contributed by atoms with Crippen LogP contribution in [0.2, 0.25) is 0 Å². The minimum atomic E-state index is 0.130. The molecule has 1 atom stereocenters. The van der Waals surface area contributed by atoms with Crippen molar-refractivity contribution in [1.29, 1.82) is 0 Å². The summed E-state index contributed by atoms with van der Waals surface area (Å²) < 4.78 is 1.11. The van der Waals surface area contributed by atoms with Gasteiger partial charge in [-0.1, -0.05) is 40.9 Å². The number of nitrogens with zero attached hydrogens (tertiary/aromatic N) is 1. The quantitative estimate of drug-likeness (QED) is 0.927. The van der Waals surface area contributed by atoms with Crippen LogP contribution < -0.4 is 5.73 Å². The second-order valence-electron chi connectivity index (χ2n) is 4.88. The Bertz CT molecular complexity index is 346. The van der Waals surface area contributed by atoms with Gasteiger partial charge in [0.05, 0.1) is 0 Å². The van der Waals surface area contributed by atoms with Crippen LogP contribution in [-0.4, -0.2) is 24.5 Å². The molecule has 1 aromatic carbocycles. The van der Waals surface area contributed by atoms with Crippen molar-refractivity contribution in [2.75, 3.05) is 19.6 Å². The van der Waals surface area contributed by atoms with Gasteiger partial charge in [0.15, 0.2) is 0 Å². The molecule has 0 spiro atoms. The van der Waals surface area contributed by atoms with Gasteiger partial charge >= 0.3 is 0 Å². The van der Waals surface area contributed by atoms with E-state index in [1.165, 1.54) is 44.3 Å². The topological polar surface area (TPSA) is 29.3 Å². The number of rotatable bonds is 3. The smallest absolute Gasteiger partial charge is 0.0424 e. The van der Waals surface area contributed by atoms with E-state index >= 15 is 0 Å². The van der Waals surface area contributed by atoms with Gasteiger partial charge in [-0.15, -0.1) is 0 Å². The summed E-state index contributed by atoms with van der Waals surface area (Å²) in [5.41, 5.74) is 7.51. The zero-order valence-electron chi connectivity index (χ0n) is 10.2. The predicted octanol–water partition coefficient (Wildman–Crippen LogP) is 3.32. The van der Waals surface area contributed by atoms with E-state index in [4.69, 9.17) is 5.73 Å². The van der Waals surface area contributed by atoms with Crippen LogP contribution in [0.5, 0.6) is 0 Å². The van der Waals surface area contributed by atoms with Crippen molar-refractivity contribution in [1.82, 2.24) is 4.90 Å². The van der Waals surface area contributed by atoms with Crippen LogP contribution in [0.15, 0.2) is 28.7 Å². The number of benzene rings is 1. The highest BCUT2D eigenvalue weighted by molar-refractivity contribution is 9.10. The van der Waals surface area contributed by atoms with Crippen LogP contribution in [0.25, 0.3) is 0 Å². The monoisotopic (exact) mass is 296 g/mol. The van der Waals surface area contributed by atoms with Gasteiger partial charge in [0.2, 0.25) is 0 Å². The molecule has 94 valence electrons.